The number of phosphoric ester groups is 1. The molecular weight excluding hydrogens is 495 g/mol. The molecule has 4 aliphatic rings. The van der Waals surface area contributed by atoms with Gasteiger partial charge in [-0.3, -0.25) is 9.79 Å². The average Bonchev–Trinajstić information content (AvgIpc) is 2.88. The topological polar surface area (TPSA) is 104 Å². The molecule has 4 atom stereocenters. The van der Waals surface area contributed by atoms with E-state index in [9.17, 15) is 14.4 Å². The van der Waals surface area contributed by atoms with Crippen LogP contribution in [-0.2, 0) is 24.9 Å². The molecule has 0 aromatic heterocycles. The number of ether oxygens (including phenoxy) is 2. The van der Waals surface area contributed by atoms with Crippen molar-refractivity contribution in [3.05, 3.63) is 71.3 Å². The van der Waals surface area contributed by atoms with Crippen molar-refractivity contribution in [2.24, 2.45) is 11.8 Å². The van der Waals surface area contributed by atoms with Crippen molar-refractivity contribution in [3.63, 3.8) is 0 Å². The van der Waals surface area contributed by atoms with Crippen LogP contribution in [0.2, 0.25) is 0 Å². The first-order valence-corrected chi connectivity index (χ1v) is 14.7. The molecule has 6 rings (SSSR count). The number of allylic oxidation sites excluding steroid dienone is 1. The SMILES string of the molecule is O=P(O)(O)Oc1ccc(C2(OCCOc3ccccc3)OOC23C2CCCC3C3=C(CCCC3)C2)cc1. The molecule has 2 aromatic rings. The van der Waals surface area contributed by atoms with Gasteiger partial charge in [-0.25, -0.2) is 9.45 Å². The molecule has 0 radical (unpaired) electrons. The van der Waals surface area contributed by atoms with Crippen LogP contribution < -0.4 is 9.26 Å². The highest BCUT2D eigenvalue weighted by Gasteiger charge is 2.75. The van der Waals surface area contributed by atoms with E-state index in [0.29, 0.717) is 6.61 Å². The minimum atomic E-state index is -4.66. The number of hydrogen-bond acceptors (Lipinski definition) is 6. The molecule has 2 N–H and O–H groups in total. The average molecular weight is 529 g/mol. The molecule has 9 heteroatoms. The Morgan fingerprint density at radius 1 is 0.892 bits per heavy atom. The fourth-order valence-electron chi connectivity index (χ4n) is 6.98. The highest BCUT2D eigenvalue weighted by molar-refractivity contribution is 7.46. The van der Waals surface area contributed by atoms with Gasteiger partial charge in [-0.2, -0.15) is 4.89 Å². The lowest BCUT2D eigenvalue weighted by atomic mass is 9.53. The molecule has 0 amide bonds. The van der Waals surface area contributed by atoms with Gasteiger partial charge >= 0.3 is 7.82 Å². The van der Waals surface area contributed by atoms with Crippen LogP contribution in [-0.4, -0.2) is 28.6 Å². The van der Waals surface area contributed by atoms with Gasteiger partial charge in [0.1, 0.15) is 18.1 Å². The summed E-state index contributed by atoms with van der Waals surface area (Å²) < 4.78 is 28.6. The zero-order valence-corrected chi connectivity index (χ0v) is 21.6. The third kappa shape index (κ3) is 4.44. The van der Waals surface area contributed by atoms with Gasteiger partial charge < -0.3 is 14.0 Å². The highest BCUT2D eigenvalue weighted by atomic mass is 31.2. The van der Waals surface area contributed by atoms with E-state index in [4.69, 9.17) is 23.8 Å². The van der Waals surface area contributed by atoms with Crippen LogP contribution in [0, 0.1) is 11.8 Å². The Morgan fingerprint density at radius 3 is 2.41 bits per heavy atom. The smallest absolute Gasteiger partial charge is 0.491 e. The number of fused-ring (bicyclic) bond motifs is 1. The van der Waals surface area contributed by atoms with Crippen LogP contribution >= 0.6 is 7.82 Å². The third-order valence-corrected chi connectivity index (χ3v) is 8.83. The maximum Gasteiger partial charge on any atom is 0.524 e. The number of rotatable bonds is 8. The van der Waals surface area contributed by atoms with Crippen LogP contribution in [0.25, 0.3) is 0 Å². The van der Waals surface area contributed by atoms with E-state index in [2.05, 4.69) is 0 Å². The second-order valence-electron chi connectivity index (χ2n) is 10.4. The fraction of sp³-hybridized carbons (Fsp3) is 0.500. The predicted molar refractivity (Wildman–Crippen MR) is 135 cm³/mol. The molecule has 198 valence electrons. The predicted octanol–water partition coefficient (Wildman–Crippen LogP) is 5.80. The summed E-state index contributed by atoms with van der Waals surface area (Å²) in [4.78, 5) is 30.7. The maximum absolute atomic E-state index is 11.3. The van der Waals surface area contributed by atoms with Crippen molar-refractivity contribution >= 4 is 7.82 Å². The number of hydrogen-bond donors (Lipinski definition) is 2. The van der Waals surface area contributed by atoms with E-state index in [1.807, 2.05) is 30.3 Å². The summed E-state index contributed by atoms with van der Waals surface area (Å²) in [5.74, 6) is 0.170. The Hall–Kier alpha value is -2.19. The molecule has 8 nitrogen and oxygen atoms in total. The molecule has 4 unspecified atom stereocenters. The van der Waals surface area contributed by atoms with E-state index < -0.39 is 19.2 Å². The maximum atomic E-state index is 11.3. The first-order valence-electron chi connectivity index (χ1n) is 13.2. The normalized spacial score (nSPS) is 31.0. The number of para-hydroxylation sites is 1. The lowest BCUT2D eigenvalue weighted by Gasteiger charge is -2.65. The van der Waals surface area contributed by atoms with Gasteiger partial charge in [-0.15, -0.1) is 0 Å². The second kappa shape index (κ2) is 9.84. The summed E-state index contributed by atoms with van der Waals surface area (Å²) in [6.45, 7) is 0.625. The van der Waals surface area contributed by atoms with E-state index >= 15 is 0 Å². The summed E-state index contributed by atoms with van der Waals surface area (Å²) in [5, 5.41) is 0. The molecule has 2 bridgehead atoms. The Bertz CT molecular complexity index is 1190. The highest BCUT2D eigenvalue weighted by Crippen LogP contribution is 2.67. The van der Waals surface area contributed by atoms with Crippen LogP contribution in [0.15, 0.2) is 65.7 Å². The van der Waals surface area contributed by atoms with Crippen LogP contribution in [0.4, 0.5) is 0 Å². The van der Waals surface area contributed by atoms with E-state index in [0.717, 1.165) is 43.4 Å². The van der Waals surface area contributed by atoms with Crippen molar-refractivity contribution in [1.82, 2.24) is 0 Å². The zero-order chi connectivity index (χ0) is 25.5. The van der Waals surface area contributed by atoms with Gasteiger partial charge in [-0.05, 0) is 81.3 Å². The molecule has 2 aromatic carbocycles. The second-order valence-corrected chi connectivity index (χ2v) is 11.6. The lowest BCUT2D eigenvalue weighted by molar-refractivity contribution is -0.641. The largest absolute Gasteiger partial charge is 0.524 e. The van der Waals surface area contributed by atoms with E-state index in [1.54, 1.807) is 29.8 Å². The molecule has 1 spiro atoms. The van der Waals surface area contributed by atoms with Crippen molar-refractivity contribution in [3.8, 4) is 11.5 Å². The molecule has 1 saturated heterocycles. The van der Waals surface area contributed by atoms with Crippen LogP contribution in [0.1, 0.15) is 56.9 Å². The van der Waals surface area contributed by atoms with Gasteiger partial charge in [0, 0.05) is 17.4 Å². The fourth-order valence-corrected chi connectivity index (χ4v) is 7.37. The monoisotopic (exact) mass is 528 g/mol. The van der Waals surface area contributed by atoms with Crippen molar-refractivity contribution in [2.75, 3.05) is 13.2 Å². The van der Waals surface area contributed by atoms with Gasteiger partial charge in [0.05, 0.1) is 6.61 Å². The standard InChI is InChI=1S/C28H33O8P/c29-37(30,31)34-24-15-13-21(14-16-24)28(33-18-17-32-23-9-2-1-3-10-23)27(35-36-28)22-8-6-12-26(27)25-11-5-4-7-20(25)19-22/h1-3,9-10,13-16,22,26H,4-8,11-12,17-19H2,(H2,29,30,31). The zero-order valence-electron chi connectivity index (χ0n) is 20.7. The molecule has 2 fully saturated rings. The van der Waals surface area contributed by atoms with Gasteiger partial charge in [-0.1, -0.05) is 35.8 Å². The number of benzene rings is 2. The summed E-state index contributed by atoms with van der Waals surface area (Å²) >= 11 is 0. The van der Waals surface area contributed by atoms with Crippen LogP contribution in [0.3, 0.4) is 0 Å². The molecule has 1 heterocycles. The third-order valence-electron chi connectivity index (χ3n) is 8.38. The first-order chi connectivity index (χ1) is 17.9. The summed E-state index contributed by atoms with van der Waals surface area (Å²) in [5.41, 5.74) is 3.22. The van der Waals surface area contributed by atoms with Crippen LogP contribution in [0.5, 0.6) is 11.5 Å². The Morgan fingerprint density at radius 2 is 1.68 bits per heavy atom. The van der Waals surface area contributed by atoms with Gasteiger partial charge in [0.2, 0.25) is 0 Å². The lowest BCUT2D eigenvalue weighted by Crippen LogP contribution is -2.75. The summed E-state index contributed by atoms with van der Waals surface area (Å²) in [6.07, 6.45) is 8.95. The minimum Gasteiger partial charge on any atom is -0.491 e. The Kier molecular flexibility index (Phi) is 6.68. The molecule has 3 aliphatic carbocycles. The molecule has 1 saturated carbocycles. The summed E-state index contributed by atoms with van der Waals surface area (Å²) in [6, 6.07) is 16.2. The number of phosphoric acid groups is 1. The summed E-state index contributed by atoms with van der Waals surface area (Å²) in [7, 11) is -4.66. The minimum absolute atomic E-state index is 0.0787. The van der Waals surface area contributed by atoms with Gasteiger partial charge in [0.15, 0.2) is 5.60 Å². The van der Waals surface area contributed by atoms with Gasteiger partial charge in [0.25, 0.3) is 5.79 Å². The molecule has 37 heavy (non-hydrogen) atoms. The molecule has 1 aliphatic heterocycles. The van der Waals surface area contributed by atoms with Crippen molar-refractivity contribution < 1.29 is 38.1 Å². The Labute approximate surface area is 216 Å². The first kappa shape index (κ1) is 25.1. The van der Waals surface area contributed by atoms with Crippen molar-refractivity contribution in [1.29, 1.82) is 0 Å². The molecular formula is C28H33O8P. The Balaban J connectivity index is 1.33. The quantitative estimate of drug-likeness (QED) is 0.192. The van der Waals surface area contributed by atoms with E-state index in [1.165, 1.54) is 24.8 Å². The van der Waals surface area contributed by atoms with E-state index in [-0.39, 0.29) is 24.2 Å². The van der Waals surface area contributed by atoms with Crippen molar-refractivity contribution in [2.45, 2.75) is 62.8 Å².